The molecule has 2 aliphatic heterocycles. The minimum Gasteiger partial charge on any atom is -0.461 e. The van der Waals surface area contributed by atoms with Crippen molar-refractivity contribution in [1.82, 2.24) is 0 Å². The number of hydrogen-bond acceptors (Lipinski definition) is 6. The van der Waals surface area contributed by atoms with Crippen molar-refractivity contribution in [3.05, 3.63) is 62.2 Å². The van der Waals surface area contributed by atoms with Crippen LogP contribution in [0.3, 0.4) is 0 Å². The molecule has 0 saturated carbocycles. The van der Waals surface area contributed by atoms with E-state index in [9.17, 15) is 27.6 Å². The highest BCUT2D eigenvalue weighted by molar-refractivity contribution is 14.1. The van der Waals surface area contributed by atoms with Crippen LogP contribution in [-0.4, -0.2) is 36.3 Å². The molecule has 2 amide bonds. The number of carbonyl (C=O) groups excluding carboxylic acids is 3. The van der Waals surface area contributed by atoms with E-state index in [0.29, 0.717) is 3.57 Å². The van der Waals surface area contributed by atoms with E-state index in [2.05, 4.69) is 5.16 Å². The van der Waals surface area contributed by atoms with E-state index in [4.69, 9.17) is 9.57 Å². The summed E-state index contributed by atoms with van der Waals surface area (Å²) in [5, 5.41) is 3.34. The molecule has 2 aromatic rings. The third-order valence-corrected chi connectivity index (χ3v) is 6.36. The number of aryl methyl sites for hydroxylation is 1. The molecule has 0 radical (unpaired) electrons. The Morgan fingerprint density at radius 3 is 2.58 bits per heavy atom. The summed E-state index contributed by atoms with van der Waals surface area (Å²) >= 11 is 1.95. The summed E-state index contributed by atoms with van der Waals surface area (Å²) < 4.78 is 47.7. The van der Waals surface area contributed by atoms with E-state index in [1.165, 1.54) is 32.0 Å². The van der Waals surface area contributed by atoms with Gasteiger partial charge < -0.3 is 9.57 Å². The molecule has 1 unspecified atom stereocenters. The van der Waals surface area contributed by atoms with E-state index < -0.39 is 41.7 Å². The number of oxime groups is 1. The zero-order valence-corrected chi connectivity index (χ0v) is 19.5. The van der Waals surface area contributed by atoms with Gasteiger partial charge in [-0.05, 0) is 66.3 Å². The number of fused-ring (bicyclic) bond motifs is 1. The second kappa shape index (κ2) is 8.12. The van der Waals surface area contributed by atoms with Gasteiger partial charge in [0.05, 0.1) is 29.8 Å². The predicted molar refractivity (Wildman–Crippen MR) is 119 cm³/mol. The van der Waals surface area contributed by atoms with Gasteiger partial charge in [-0.1, -0.05) is 17.3 Å². The van der Waals surface area contributed by atoms with Crippen LogP contribution < -0.4 is 4.90 Å². The van der Waals surface area contributed by atoms with Gasteiger partial charge in [-0.3, -0.25) is 9.59 Å². The van der Waals surface area contributed by atoms with Crippen molar-refractivity contribution in [1.29, 1.82) is 0 Å². The lowest BCUT2D eigenvalue weighted by molar-refractivity contribution is -0.275. The van der Waals surface area contributed by atoms with E-state index in [1.54, 1.807) is 12.1 Å². The number of rotatable bonds is 4. The zero-order chi connectivity index (χ0) is 24.1. The minimum atomic E-state index is -4.91. The molecule has 7 nitrogen and oxygen atoms in total. The molecule has 0 saturated heterocycles. The Morgan fingerprint density at radius 1 is 1.24 bits per heavy atom. The smallest absolute Gasteiger partial charge is 0.435 e. The van der Waals surface area contributed by atoms with Gasteiger partial charge in [-0.2, -0.15) is 13.2 Å². The first-order chi connectivity index (χ1) is 15.5. The quantitative estimate of drug-likeness (QED) is 0.306. The molecule has 4 rings (SSSR count). The molecule has 2 heterocycles. The molecule has 2 aliphatic rings. The van der Waals surface area contributed by atoms with Crippen molar-refractivity contribution in [2.75, 3.05) is 11.5 Å². The summed E-state index contributed by atoms with van der Waals surface area (Å²) in [7, 11) is 0. The minimum absolute atomic E-state index is 0.0239. The van der Waals surface area contributed by atoms with Crippen molar-refractivity contribution in [2.24, 2.45) is 5.16 Å². The van der Waals surface area contributed by atoms with Crippen molar-refractivity contribution in [3.8, 4) is 0 Å². The Balaban J connectivity index is 1.72. The first-order valence-electron chi connectivity index (χ1n) is 9.79. The maximum absolute atomic E-state index is 14.1. The molecular formula is C22H16F3IN2O5. The highest BCUT2D eigenvalue weighted by atomic mass is 127. The lowest BCUT2D eigenvalue weighted by Crippen LogP contribution is -2.43. The summed E-state index contributed by atoms with van der Waals surface area (Å²) in [6, 6.07) is 8.43. The molecule has 1 atom stereocenters. The zero-order valence-electron chi connectivity index (χ0n) is 17.3. The Labute approximate surface area is 199 Å². The number of halogens is 4. The summed E-state index contributed by atoms with van der Waals surface area (Å²) in [6.07, 6.45) is -5.77. The third-order valence-electron chi connectivity index (χ3n) is 5.47. The highest BCUT2D eigenvalue weighted by Crippen LogP contribution is 2.49. The first kappa shape index (κ1) is 23.2. The van der Waals surface area contributed by atoms with Crippen molar-refractivity contribution >= 4 is 51.8 Å². The van der Waals surface area contributed by atoms with Gasteiger partial charge in [0, 0.05) is 9.13 Å². The summed E-state index contributed by atoms with van der Waals surface area (Å²) in [6.45, 7) is 2.98. The normalized spacial score (nSPS) is 19.9. The van der Waals surface area contributed by atoms with Crippen LogP contribution in [0.1, 0.15) is 45.2 Å². The second-order valence-corrected chi connectivity index (χ2v) is 8.62. The number of anilines is 1. The standard InChI is InChI=1S/C22H16F3IN2O5/c1-3-32-20(31)15-10-21(33-27-15,22(23,24)25)12-7-8-16(11(2)9-12)28-18(29)13-5-4-6-14(26)17(13)19(28)30/h4-9H,3,10H2,1-2H3. The SMILES string of the molecule is CCOC(=O)C1=NOC(c2ccc(N3C(=O)c4cccc(I)c4C3=O)c(C)c2)(C(F)(F)F)C1. The van der Waals surface area contributed by atoms with Gasteiger partial charge in [0.25, 0.3) is 17.4 Å². The molecule has 0 aromatic heterocycles. The van der Waals surface area contributed by atoms with Gasteiger partial charge in [0.2, 0.25) is 0 Å². The third kappa shape index (κ3) is 3.58. The maximum Gasteiger partial charge on any atom is 0.435 e. The van der Waals surface area contributed by atoms with E-state index in [0.717, 1.165) is 11.0 Å². The monoisotopic (exact) mass is 572 g/mol. The Kier molecular flexibility index (Phi) is 5.71. The number of carbonyl (C=O) groups is 3. The number of ether oxygens (including phenoxy) is 1. The average molecular weight is 572 g/mol. The highest BCUT2D eigenvalue weighted by Gasteiger charge is 2.63. The van der Waals surface area contributed by atoms with Gasteiger partial charge in [0.15, 0.2) is 5.71 Å². The number of nitrogens with zero attached hydrogens (tertiary/aromatic N) is 2. The molecule has 0 N–H and O–H groups in total. The molecule has 11 heteroatoms. The summed E-state index contributed by atoms with van der Waals surface area (Å²) in [5.74, 6) is -2.09. The largest absolute Gasteiger partial charge is 0.461 e. The first-order valence-corrected chi connectivity index (χ1v) is 10.9. The Morgan fingerprint density at radius 2 is 1.97 bits per heavy atom. The predicted octanol–water partition coefficient (Wildman–Crippen LogP) is 4.50. The number of imide groups is 1. The second-order valence-electron chi connectivity index (χ2n) is 7.46. The lowest BCUT2D eigenvalue weighted by atomic mass is 9.87. The van der Waals surface area contributed by atoms with Crippen LogP contribution in [-0.2, 0) is 20.0 Å². The molecule has 0 bridgehead atoms. The van der Waals surface area contributed by atoms with Gasteiger partial charge in [0.1, 0.15) is 0 Å². The fraction of sp³-hybridized carbons (Fsp3) is 0.273. The van der Waals surface area contributed by atoms with E-state index in [-0.39, 0.29) is 34.5 Å². The number of hydrogen-bond donors (Lipinski definition) is 0. The van der Waals surface area contributed by atoms with Crippen molar-refractivity contribution in [2.45, 2.75) is 32.0 Å². The average Bonchev–Trinajstić information content (AvgIpc) is 3.31. The van der Waals surface area contributed by atoms with Gasteiger partial charge in [-0.25, -0.2) is 9.69 Å². The lowest BCUT2D eigenvalue weighted by Gasteiger charge is -2.30. The fourth-order valence-corrected chi connectivity index (χ4v) is 4.58. The van der Waals surface area contributed by atoms with Crippen LogP contribution in [0.2, 0.25) is 0 Å². The topological polar surface area (TPSA) is 85.3 Å². The number of esters is 1. The van der Waals surface area contributed by atoms with Crippen LogP contribution >= 0.6 is 22.6 Å². The molecule has 0 aliphatic carbocycles. The molecule has 2 aromatic carbocycles. The Hall–Kier alpha value is -2.96. The number of benzene rings is 2. The van der Waals surface area contributed by atoms with E-state index in [1.807, 2.05) is 22.6 Å². The van der Waals surface area contributed by atoms with Crippen LogP contribution in [0, 0.1) is 10.5 Å². The summed E-state index contributed by atoms with van der Waals surface area (Å²) in [4.78, 5) is 43.5. The molecular weight excluding hydrogens is 556 g/mol. The Bertz CT molecular complexity index is 1230. The molecule has 0 spiro atoms. The molecule has 172 valence electrons. The van der Waals surface area contributed by atoms with Crippen LogP contribution in [0.4, 0.5) is 18.9 Å². The number of alkyl halides is 3. The van der Waals surface area contributed by atoms with Gasteiger partial charge >= 0.3 is 12.1 Å². The van der Waals surface area contributed by atoms with Crippen molar-refractivity contribution in [3.63, 3.8) is 0 Å². The van der Waals surface area contributed by atoms with Crippen molar-refractivity contribution < 1.29 is 37.1 Å². The van der Waals surface area contributed by atoms with Crippen LogP contribution in [0.5, 0.6) is 0 Å². The molecule has 0 fully saturated rings. The van der Waals surface area contributed by atoms with E-state index >= 15 is 0 Å². The number of amides is 2. The van der Waals surface area contributed by atoms with Crippen LogP contribution in [0.25, 0.3) is 0 Å². The maximum atomic E-state index is 14.1. The molecule has 33 heavy (non-hydrogen) atoms. The fourth-order valence-electron chi connectivity index (χ4n) is 3.85. The summed E-state index contributed by atoms with van der Waals surface area (Å²) in [5.41, 5.74) is -2.80. The van der Waals surface area contributed by atoms with Gasteiger partial charge in [-0.15, -0.1) is 0 Å². The van der Waals surface area contributed by atoms with Crippen LogP contribution in [0.15, 0.2) is 41.6 Å².